The van der Waals surface area contributed by atoms with E-state index < -0.39 is 15.3 Å². The van der Waals surface area contributed by atoms with Crippen molar-refractivity contribution in [2.75, 3.05) is 5.75 Å². The van der Waals surface area contributed by atoms with Crippen molar-refractivity contribution in [2.45, 2.75) is 44.4 Å². The highest BCUT2D eigenvalue weighted by atomic mass is 32.2. The van der Waals surface area contributed by atoms with Crippen molar-refractivity contribution in [3.63, 3.8) is 0 Å². The van der Waals surface area contributed by atoms with Crippen molar-refractivity contribution in [3.8, 4) is 0 Å². The molecule has 1 aliphatic rings. The van der Waals surface area contributed by atoms with Crippen molar-refractivity contribution in [2.24, 2.45) is 5.41 Å². The van der Waals surface area contributed by atoms with E-state index in [9.17, 15) is 13.5 Å². The van der Waals surface area contributed by atoms with E-state index in [1.807, 2.05) is 43.3 Å². The Labute approximate surface area is 156 Å². The molecule has 0 spiro atoms. The zero-order valence-corrected chi connectivity index (χ0v) is 16.2. The highest BCUT2D eigenvalue weighted by Crippen LogP contribution is 2.47. The van der Waals surface area contributed by atoms with Crippen LogP contribution in [0.1, 0.15) is 50.7 Å². The van der Waals surface area contributed by atoms with E-state index >= 15 is 0 Å². The molecule has 0 bridgehead atoms. The number of hydrogen-bond acceptors (Lipinski definition) is 3. The SMILES string of the molecule is CCCCC1(CC)CS(=O)(=O)c2ccccc2C(c2ccccc2)=C1O. The Morgan fingerprint density at radius 1 is 1.00 bits per heavy atom. The third kappa shape index (κ3) is 3.18. The molecule has 2 aromatic carbocycles. The van der Waals surface area contributed by atoms with Gasteiger partial charge in [-0.2, -0.15) is 0 Å². The zero-order valence-electron chi connectivity index (χ0n) is 15.4. The van der Waals surface area contributed by atoms with E-state index in [4.69, 9.17) is 0 Å². The summed E-state index contributed by atoms with van der Waals surface area (Å²) < 4.78 is 26.4. The maximum atomic E-state index is 13.2. The normalized spacial score (nSPS) is 21.9. The topological polar surface area (TPSA) is 54.4 Å². The molecule has 1 heterocycles. The average molecular weight is 371 g/mol. The highest BCUT2D eigenvalue weighted by Gasteiger charge is 2.43. The Kier molecular flexibility index (Phi) is 5.24. The lowest BCUT2D eigenvalue weighted by Crippen LogP contribution is -2.31. The number of hydrogen-bond donors (Lipinski definition) is 1. The minimum atomic E-state index is -3.50. The van der Waals surface area contributed by atoms with Crippen molar-refractivity contribution in [3.05, 3.63) is 71.5 Å². The second-order valence-corrected chi connectivity index (χ2v) is 9.04. The van der Waals surface area contributed by atoms with E-state index in [1.54, 1.807) is 18.2 Å². The first-order valence-electron chi connectivity index (χ1n) is 9.26. The van der Waals surface area contributed by atoms with E-state index in [1.165, 1.54) is 0 Å². The Balaban J connectivity index is 2.36. The number of allylic oxidation sites excluding steroid dienone is 1. The van der Waals surface area contributed by atoms with Gasteiger partial charge in [-0.15, -0.1) is 0 Å². The summed E-state index contributed by atoms with van der Waals surface area (Å²) in [7, 11) is -3.50. The molecule has 0 aliphatic carbocycles. The van der Waals surface area contributed by atoms with Gasteiger partial charge >= 0.3 is 0 Å². The fourth-order valence-electron chi connectivity index (χ4n) is 3.90. The van der Waals surface area contributed by atoms with E-state index in [0.717, 1.165) is 18.4 Å². The summed E-state index contributed by atoms with van der Waals surface area (Å²) in [5, 5.41) is 11.4. The largest absolute Gasteiger partial charge is 0.511 e. The fourth-order valence-corrected chi connectivity index (χ4v) is 6.06. The molecule has 1 unspecified atom stereocenters. The number of aliphatic hydroxyl groups is 1. The number of aliphatic hydroxyl groups excluding tert-OH is 1. The highest BCUT2D eigenvalue weighted by molar-refractivity contribution is 7.91. The van der Waals surface area contributed by atoms with Gasteiger partial charge in [-0.3, -0.25) is 0 Å². The van der Waals surface area contributed by atoms with Gasteiger partial charge < -0.3 is 5.11 Å². The van der Waals surface area contributed by atoms with Gasteiger partial charge in [0, 0.05) is 16.6 Å². The molecule has 4 heteroatoms. The lowest BCUT2D eigenvalue weighted by molar-refractivity contribution is 0.218. The minimum Gasteiger partial charge on any atom is -0.511 e. The van der Waals surface area contributed by atoms with Crippen LogP contribution in [0.2, 0.25) is 0 Å². The number of sulfone groups is 1. The number of rotatable bonds is 5. The molecule has 0 saturated carbocycles. The zero-order chi connectivity index (χ0) is 18.8. The maximum absolute atomic E-state index is 13.2. The molecule has 138 valence electrons. The van der Waals surface area contributed by atoms with Crippen molar-refractivity contribution < 1.29 is 13.5 Å². The van der Waals surface area contributed by atoms with Gasteiger partial charge in [0.15, 0.2) is 9.84 Å². The van der Waals surface area contributed by atoms with Gasteiger partial charge in [-0.1, -0.05) is 75.2 Å². The monoisotopic (exact) mass is 370 g/mol. The van der Waals surface area contributed by atoms with Gasteiger partial charge in [-0.05, 0) is 24.5 Å². The smallest absolute Gasteiger partial charge is 0.179 e. The first-order valence-corrected chi connectivity index (χ1v) is 10.9. The summed E-state index contributed by atoms with van der Waals surface area (Å²) in [5.74, 6) is 0.170. The van der Waals surface area contributed by atoms with Crippen LogP contribution in [0, 0.1) is 5.41 Å². The molecule has 0 amide bonds. The van der Waals surface area contributed by atoms with Crippen LogP contribution in [0.4, 0.5) is 0 Å². The van der Waals surface area contributed by atoms with Crippen LogP contribution in [0.25, 0.3) is 5.57 Å². The summed E-state index contributed by atoms with van der Waals surface area (Å²) in [6.07, 6.45) is 3.09. The van der Waals surface area contributed by atoms with Gasteiger partial charge in [0.2, 0.25) is 0 Å². The molecular formula is C22H26O3S. The van der Waals surface area contributed by atoms with Crippen molar-refractivity contribution >= 4 is 15.4 Å². The lowest BCUT2D eigenvalue weighted by Gasteiger charge is -2.32. The van der Waals surface area contributed by atoms with Crippen molar-refractivity contribution in [1.29, 1.82) is 0 Å². The van der Waals surface area contributed by atoms with Gasteiger partial charge in [0.1, 0.15) is 5.76 Å². The van der Waals surface area contributed by atoms with Crippen LogP contribution in [-0.4, -0.2) is 19.3 Å². The van der Waals surface area contributed by atoms with Crippen LogP contribution >= 0.6 is 0 Å². The quantitative estimate of drug-likeness (QED) is 0.769. The molecule has 0 fully saturated rings. The second kappa shape index (κ2) is 7.28. The first-order chi connectivity index (χ1) is 12.4. The third-order valence-corrected chi connectivity index (χ3v) is 7.40. The molecular weight excluding hydrogens is 344 g/mol. The van der Waals surface area contributed by atoms with Gasteiger partial charge in [0.25, 0.3) is 0 Å². The molecule has 1 N–H and O–H groups in total. The van der Waals surface area contributed by atoms with Crippen LogP contribution in [0.15, 0.2) is 65.3 Å². The van der Waals surface area contributed by atoms with Crippen LogP contribution < -0.4 is 0 Å². The lowest BCUT2D eigenvalue weighted by atomic mass is 9.76. The first kappa shape index (κ1) is 18.7. The Bertz CT molecular complexity index is 913. The Morgan fingerprint density at radius 3 is 2.31 bits per heavy atom. The van der Waals surface area contributed by atoms with Gasteiger partial charge in [0.05, 0.1) is 10.6 Å². The molecule has 3 rings (SSSR count). The van der Waals surface area contributed by atoms with Crippen LogP contribution in [0.5, 0.6) is 0 Å². The average Bonchev–Trinajstić information content (AvgIpc) is 2.73. The summed E-state index contributed by atoms with van der Waals surface area (Å²) in [6, 6.07) is 16.7. The van der Waals surface area contributed by atoms with Crippen molar-refractivity contribution in [1.82, 2.24) is 0 Å². The molecule has 0 aromatic heterocycles. The Morgan fingerprint density at radius 2 is 1.65 bits per heavy atom. The summed E-state index contributed by atoms with van der Waals surface area (Å²) in [5.41, 5.74) is 1.35. The summed E-state index contributed by atoms with van der Waals surface area (Å²) in [6.45, 7) is 4.06. The molecule has 1 aliphatic heterocycles. The van der Waals surface area contributed by atoms with E-state index in [2.05, 4.69) is 6.92 Å². The molecule has 0 radical (unpaired) electrons. The van der Waals surface area contributed by atoms with Crippen LogP contribution in [0.3, 0.4) is 0 Å². The Hall–Kier alpha value is -2.07. The number of fused-ring (bicyclic) bond motifs is 1. The second-order valence-electron chi connectivity index (χ2n) is 7.08. The van der Waals surface area contributed by atoms with E-state index in [0.29, 0.717) is 28.9 Å². The molecule has 0 saturated heterocycles. The maximum Gasteiger partial charge on any atom is 0.179 e. The standard InChI is InChI=1S/C22H26O3S/c1-3-5-15-22(4-2)16-26(24,25)19-14-10-9-13-18(19)20(21(22)23)17-11-7-6-8-12-17/h6-14,23H,3-5,15-16H2,1-2H3. The molecule has 26 heavy (non-hydrogen) atoms. The number of benzene rings is 2. The number of unbranched alkanes of at least 4 members (excludes halogenated alkanes) is 1. The minimum absolute atomic E-state index is 0.0460. The van der Waals surface area contributed by atoms with Crippen LogP contribution in [-0.2, 0) is 9.84 Å². The fraction of sp³-hybridized carbons (Fsp3) is 0.364. The molecule has 3 nitrogen and oxygen atoms in total. The summed E-state index contributed by atoms with van der Waals surface area (Å²) in [4.78, 5) is 0.317. The summed E-state index contributed by atoms with van der Waals surface area (Å²) >= 11 is 0. The predicted octanol–water partition coefficient (Wildman–Crippen LogP) is 5.38. The third-order valence-electron chi connectivity index (χ3n) is 5.45. The molecule has 2 aromatic rings. The van der Waals surface area contributed by atoms with Gasteiger partial charge in [-0.25, -0.2) is 8.42 Å². The predicted molar refractivity (Wildman–Crippen MR) is 106 cm³/mol. The van der Waals surface area contributed by atoms with E-state index in [-0.39, 0.29) is 11.5 Å². The molecule has 1 atom stereocenters.